The summed E-state index contributed by atoms with van der Waals surface area (Å²) in [6.07, 6.45) is 2.40. The lowest BCUT2D eigenvalue weighted by Crippen LogP contribution is -2.45. The number of hydrogen-bond acceptors (Lipinski definition) is 7. The molecule has 1 amide bonds. The van der Waals surface area contributed by atoms with E-state index in [9.17, 15) is 14.9 Å². The maximum atomic E-state index is 14.0. The molecule has 0 aliphatic carbocycles. The van der Waals surface area contributed by atoms with Crippen LogP contribution in [0.25, 0.3) is 5.57 Å². The predicted molar refractivity (Wildman–Crippen MR) is 135 cm³/mol. The highest BCUT2D eigenvalue weighted by molar-refractivity contribution is 6.35. The normalized spacial score (nSPS) is 20.7. The lowest BCUT2D eigenvalue weighted by Gasteiger charge is -2.34. The molecule has 2 aromatic carbocycles. The summed E-state index contributed by atoms with van der Waals surface area (Å²) < 4.78 is 12.3. The van der Waals surface area contributed by atoms with Gasteiger partial charge in [-0.25, -0.2) is 9.48 Å². The van der Waals surface area contributed by atoms with Gasteiger partial charge in [0.2, 0.25) is 0 Å². The van der Waals surface area contributed by atoms with Crippen LogP contribution in [0.5, 0.6) is 0 Å². The Bertz CT molecular complexity index is 1460. The van der Waals surface area contributed by atoms with Crippen molar-refractivity contribution >= 4 is 40.7 Å². The van der Waals surface area contributed by atoms with Crippen LogP contribution in [0.1, 0.15) is 39.6 Å². The minimum atomic E-state index is -0.855. The van der Waals surface area contributed by atoms with E-state index >= 15 is 0 Å². The highest BCUT2D eigenvalue weighted by Gasteiger charge is 2.59. The van der Waals surface area contributed by atoms with Crippen molar-refractivity contribution in [2.75, 3.05) is 20.8 Å². The van der Waals surface area contributed by atoms with Crippen molar-refractivity contribution < 1.29 is 19.1 Å². The van der Waals surface area contributed by atoms with E-state index in [1.165, 1.54) is 20.4 Å². The summed E-state index contributed by atoms with van der Waals surface area (Å²) in [6, 6.07) is 14.1. The number of fused-ring (bicyclic) bond motifs is 1. The number of esters is 1. The quantitative estimate of drug-likeness (QED) is 0.435. The fourth-order valence-corrected chi connectivity index (χ4v) is 5.79. The molecular weight excluding hydrogens is 517 g/mol. The van der Waals surface area contributed by atoms with Crippen LogP contribution >= 0.6 is 23.2 Å². The van der Waals surface area contributed by atoms with Gasteiger partial charge in [-0.1, -0.05) is 40.5 Å². The summed E-state index contributed by atoms with van der Waals surface area (Å²) in [6.45, 7) is 0.309. The van der Waals surface area contributed by atoms with Crippen LogP contribution in [0.15, 0.2) is 54.4 Å². The average molecular weight is 538 g/mol. The van der Waals surface area contributed by atoms with Crippen molar-refractivity contribution in [1.29, 1.82) is 5.26 Å². The topological polar surface area (TPSA) is 110 Å². The predicted octanol–water partition coefficient (Wildman–Crippen LogP) is 4.07. The molecule has 1 fully saturated rings. The van der Waals surface area contributed by atoms with Gasteiger partial charge in [0, 0.05) is 29.4 Å². The largest absolute Gasteiger partial charge is 0.498 e. The van der Waals surface area contributed by atoms with Crippen molar-refractivity contribution in [2.45, 2.75) is 24.4 Å². The highest BCUT2D eigenvalue weighted by Crippen LogP contribution is 2.51. The lowest BCUT2D eigenvalue weighted by molar-refractivity contribution is -0.126. The summed E-state index contributed by atoms with van der Waals surface area (Å²) in [5, 5.41) is 18.1. The summed E-state index contributed by atoms with van der Waals surface area (Å²) in [5.74, 6) is -0.318. The molecule has 0 unspecified atom stereocenters. The number of nitrogens with zero attached hydrogens (tertiary/aromatic N) is 5. The second-order valence-electron chi connectivity index (χ2n) is 8.93. The molecule has 0 spiro atoms. The summed E-state index contributed by atoms with van der Waals surface area (Å²) >= 11 is 12.5. The molecule has 3 heterocycles. The van der Waals surface area contributed by atoms with E-state index in [-0.39, 0.29) is 17.6 Å². The maximum Gasteiger partial charge on any atom is 0.360 e. The minimum Gasteiger partial charge on any atom is -0.498 e. The van der Waals surface area contributed by atoms with E-state index in [0.717, 1.165) is 5.56 Å². The first-order valence-electron chi connectivity index (χ1n) is 11.4. The Morgan fingerprint density at radius 2 is 1.89 bits per heavy atom. The van der Waals surface area contributed by atoms with Crippen LogP contribution in [0, 0.1) is 11.3 Å². The highest BCUT2D eigenvalue weighted by atomic mass is 35.5. The number of amides is 1. The molecule has 2 atom stereocenters. The molecule has 2 aliphatic rings. The van der Waals surface area contributed by atoms with Gasteiger partial charge >= 0.3 is 5.97 Å². The standard InChI is InChI=1S/C26H21Cl2N5O4/c1-36-23-22(17-7-18(27)9-19(28)8-17)24(34)32-13-20(33-14-21(30-31-33)25(35)37-2)11-26(23,32)10-15-3-5-16(12-29)6-4-15/h3-9,14,20H,10-11,13H2,1-2H3/t20-,26-/m0/s1. The van der Waals surface area contributed by atoms with Gasteiger partial charge in [-0.05, 0) is 41.5 Å². The number of carbonyl (C=O) groups excluding carboxylic acids is 2. The average Bonchev–Trinajstić information content (AvgIpc) is 3.56. The SMILES string of the molecule is COC(=O)c1cn([C@@H]2CN3C(=O)C(c4cc(Cl)cc(Cl)c4)=C(OC)[C@]3(Cc3ccc(C#N)cc3)C2)nn1. The van der Waals surface area contributed by atoms with Crippen molar-refractivity contribution in [3.05, 3.63) is 86.9 Å². The minimum absolute atomic E-state index is 0.0822. The van der Waals surface area contributed by atoms with E-state index in [4.69, 9.17) is 32.7 Å². The van der Waals surface area contributed by atoms with E-state index in [1.807, 2.05) is 12.1 Å². The van der Waals surface area contributed by atoms with Gasteiger partial charge in [0.25, 0.3) is 5.91 Å². The molecule has 0 bridgehead atoms. The first kappa shape index (κ1) is 24.8. The van der Waals surface area contributed by atoms with E-state index in [2.05, 4.69) is 16.4 Å². The zero-order valence-corrected chi connectivity index (χ0v) is 21.5. The van der Waals surface area contributed by atoms with Crippen molar-refractivity contribution in [1.82, 2.24) is 19.9 Å². The van der Waals surface area contributed by atoms with Gasteiger partial charge in [-0.3, -0.25) is 4.79 Å². The second kappa shape index (κ2) is 9.54. The fourth-order valence-electron chi connectivity index (χ4n) is 5.27. The Morgan fingerprint density at radius 1 is 1.19 bits per heavy atom. The maximum absolute atomic E-state index is 14.0. The Hall–Kier alpha value is -3.87. The zero-order chi connectivity index (χ0) is 26.3. The van der Waals surface area contributed by atoms with Crippen molar-refractivity contribution in [3.63, 3.8) is 0 Å². The van der Waals surface area contributed by atoms with Crippen molar-refractivity contribution in [2.24, 2.45) is 0 Å². The molecule has 0 radical (unpaired) electrons. The fraction of sp³-hybridized carbons (Fsp3) is 0.269. The molecule has 0 saturated carbocycles. The van der Waals surface area contributed by atoms with Crippen LogP contribution < -0.4 is 0 Å². The molecule has 3 aromatic rings. The Labute approximate surface area is 222 Å². The first-order valence-corrected chi connectivity index (χ1v) is 12.1. The molecule has 1 saturated heterocycles. The molecule has 9 nitrogen and oxygen atoms in total. The third-order valence-electron chi connectivity index (χ3n) is 6.81. The monoisotopic (exact) mass is 537 g/mol. The summed E-state index contributed by atoms with van der Waals surface area (Å²) in [7, 11) is 2.81. The summed E-state index contributed by atoms with van der Waals surface area (Å²) in [4.78, 5) is 27.7. The number of aromatic nitrogens is 3. The number of ether oxygens (including phenoxy) is 2. The third kappa shape index (κ3) is 4.22. The van der Waals surface area contributed by atoms with Gasteiger partial charge < -0.3 is 14.4 Å². The molecule has 37 heavy (non-hydrogen) atoms. The molecule has 2 aliphatic heterocycles. The van der Waals surface area contributed by atoms with E-state index in [0.29, 0.717) is 51.9 Å². The molecular formula is C26H21Cl2N5O4. The van der Waals surface area contributed by atoms with Gasteiger partial charge in [0.15, 0.2) is 5.69 Å². The Kier molecular flexibility index (Phi) is 6.40. The van der Waals surface area contributed by atoms with Crippen LogP contribution in [-0.2, 0) is 20.7 Å². The number of benzene rings is 2. The van der Waals surface area contributed by atoms with Gasteiger partial charge in [0.05, 0.1) is 43.7 Å². The number of halogens is 2. The number of nitriles is 1. The zero-order valence-electron chi connectivity index (χ0n) is 19.9. The molecule has 0 N–H and O–H groups in total. The molecule has 1 aromatic heterocycles. The second-order valence-corrected chi connectivity index (χ2v) is 9.81. The van der Waals surface area contributed by atoms with Gasteiger partial charge in [0.1, 0.15) is 11.3 Å². The molecule has 11 heteroatoms. The lowest BCUT2D eigenvalue weighted by atomic mass is 9.85. The van der Waals surface area contributed by atoms with E-state index < -0.39 is 11.5 Å². The molecule has 5 rings (SSSR count). The Balaban J connectivity index is 1.62. The van der Waals surface area contributed by atoms with Gasteiger partial charge in [-0.2, -0.15) is 5.26 Å². The summed E-state index contributed by atoms with van der Waals surface area (Å²) in [5.41, 5.74) is 1.65. The number of carbonyl (C=O) groups is 2. The van der Waals surface area contributed by atoms with Crippen LogP contribution in [0.4, 0.5) is 0 Å². The number of hydrogen-bond donors (Lipinski definition) is 0. The van der Waals surface area contributed by atoms with Crippen LogP contribution in [0.2, 0.25) is 10.0 Å². The first-order chi connectivity index (χ1) is 17.8. The molecule has 188 valence electrons. The third-order valence-corrected chi connectivity index (χ3v) is 7.24. The smallest absolute Gasteiger partial charge is 0.360 e. The van der Waals surface area contributed by atoms with E-state index in [1.54, 1.807) is 39.9 Å². The number of rotatable bonds is 6. The van der Waals surface area contributed by atoms with Crippen LogP contribution in [0.3, 0.4) is 0 Å². The Morgan fingerprint density at radius 3 is 2.51 bits per heavy atom. The van der Waals surface area contributed by atoms with Gasteiger partial charge in [-0.15, -0.1) is 5.10 Å². The number of methoxy groups -OCH3 is 2. The van der Waals surface area contributed by atoms with Crippen LogP contribution in [-0.4, -0.2) is 58.1 Å². The van der Waals surface area contributed by atoms with Crippen molar-refractivity contribution in [3.8, 4) is 6.07 Å².